The van der Waals surface area contributed by atoms with Crippen LogP contribution in [0.2, 0.25) is 0 Å². The molecule has 1 rings (SSSR count). The first-order chi connectivity index (χ1) is 8.61. The molecule has 0 saturated heterocycles. The van der Waals surface area contributed by atoms with E-state index in [1.807, 2.05) is 18.2 Å². The number of hydrogen-bond donors (Lipinski definition) is 0. The lowest BCUT2D eigenvalue weighted by Crippen LogP contribution is -2.14. The quantitative estimate of drug-likeness (QED) is 0.545. The number of halogens is 1. The average molecular weight is 315 g/mol. The normalized spacial score (nSPS) is 10.9. The Kier molecular flexibility index (Phi) is 7.16. The molecule has 0 aromatic heterocycles. The lowest BCUT2D eigenvalue weighted by molar-refractivity contribution is 0.0363. The molecule has 0 aliphatic rings. The third-order valence-corrected chi connectivity index (χ3v) is 2.92. The van der Waals surface area contributed by atoms with Crippen LogP contribution in [0.3, 0.4) is 0 Å². The Hall–Kier alpha value is -0.710. The minimum absolute atomic E-state index is 0.0219. The summed E-state index contributed by atoms with van der Waals surface area (Å²) < 4.78 is 11.5. The molecule has 0 aliphatic heterocycles. The van der Waals surface area contributed by atoms with Gasteiger partial charge in [0, 0.05) is 16.6 Å². The number of Topliss-reactive ketones (excluding diaryl/α,β-unsaturated/α-hetero) is 1. The van der Waals surface area contributed by atoms with Crippen molar-refractivity contribution in [3.05, 3.63) is 34.3 Å². The molecule has 0 atom stereocenters. The molecule has 0 bridgehead atoms. The summed E-state index contributed by atoms with van der Waals surface area (Å²) >= 11 is 3.35. The van der Waals surface area contributed by atoms with Crippen molar-refractivity contribution >= 4 is 21.7 Å². The summed E-state index contributed by atoms with van der Waals surface area (Å²) in [6, 6.07) is 7.34. The molecule has 0 saturated carbocycles. The molecule has 0 heterocycles. The molecule has 0 fully saturated rings. The first-order valence-corrected chi connectivity index (χ1v) is 6.83. The van der Waals surface area contributed by atoms with Crippen molar-refractivity contribution in [1.82, 2.24) is 0 Å². The van der Waals surface area contributed by atoms with E-state index in [0.717, 1.165) is 11.1 Å². The Morgan fingerprint density at radius 3 is 2.56 bits per heavy atom. The van der Waals surface area contributed by atoms with Gasteiger partial charge < -0.3 is 9.47 Å². The highest BCUT2D eigenvalue weighted by atomic mass is 79.9. The number of carbonyl (C=O) groups is 1. The van der Waals surface area contributed by atoms with Gasteiger partial charge >= 0.3 is 0 Å². The fourth-order valence-electron chi connectivity index (χ4n) is 1.37. The van der Waals surface area contributed by atoms with Crippen LogP contribution in [0.15, 0.2) is 28.7 Å². The third-order valence-electron chi connectivity index (χ3n) is 2.23. The van der Waals surface area contributed by atoms with E-state index < -0.39 is 0 Å². The van der Waals surface area contributed by atoms with E-state index in [4.69, 9.17) is 9.47 Å². The van der Waals surface area contributed by atoms with Gasteiger partial charge in [-0.15, -0.1) is 0 Å². The molecule has 0 unspecified atom stereocenters. The predicted octanol–water partition coefficient (Wildman–Crippen LogP) is 3.32. The van der Waals surface area contributed by atoms with E-state index in [9.17, 15) is 4.79 Å². The third kappa shape index (κ3) is 5.76. The molecule has 0 spiro atoms. The Bertz CT molecular complexity index is 377. The number of benzene rings is 1. The standard InChI is InChI=1S/C14H19BrO3/c1-11(2)9-17-7-8-18-10-14(16)12-5-3-4-6-13(12)15/h3-6,11H,7-10H2,1-2H3. The Balaban J connectivity index is 2.20. The van der Waals surface area contributed by atoms with Crippen LogP contribution in [-0.4, -0.2) is 32.2 Å². The van der Waals surface area contributed by atoms with Gasteiger partial charge in [-0.05, 0) is 12.0 Å². The van der Waals surface area contributed by atoms with Crippen molar-refractivity contribution in [2.24, 2.45) is 5.92 Å². The van der Waals surface area contributed by atoms with Crippen LogP contribution in [0.5, 0.6) is 0 Å². The molecule has 1 aromatic carbocycles. The van der Waals surface area contributed by atoms with E-state index in [0.29, 0.717) is 24.7 Å². The van der Waals surface area contributed by atoms with Crippen LogP contribution >= 0.6 is 15.9 Å². The van der Waals surface area contributed by atoms with E-state index >= 15 is 0 Å². The maximum Gasteiger partial charge on any atom is 0.189 e. The number of hydrogen-bond acceptors (Lipinski definition) is 3. The first-order valence-electron chi connectivity index (χ1n) is 6.04. The number of rotatable bonds is 8. The maximum absolute atomic E-state index is 11.8. The number of ether oxygens (including phenoxy) is 2. The van der Waals surface area contributed by atoms with Crippen molar-refractivity contribution in [1.29, 1.82) is 0 Å². The smallest absolute Gasteiger partial charge is 0.189 e. The second-order valence-electron chi connectivity index (χ2n) is 4.42. The van der Waals surface area contributed by atoms with Crippen LogP contribution < -0.4 is 0 Å². The van der Waals surface area contributed by atoms with E-state index in [1.54, 1.807) is 6.07 Å². The van der Waals surface area contributed by atoms with Gasteiger partial charge in [0.05, 0.1) is 13.2 Å². The van der Waals surface area contributed by atoms with Gasteiger partial charge in [-0.1, -0.05) is 48.0 Å². The van der Waals surface area contributed by atoms with E-state index in [1.165, 1.54) is 0 Å². The molecular formula is C14H19BrO3. The van der Waals surface area contributed by atoms with Crippen molar-refractivity contribution in [3.63, 3.8) is 0 Å². The summed E-state index contributed by atoms with van der Waals surface area (Å²) in [6.45, 7) is 5.98. The van der Waals surface area contributed by atoms with Gasteiger partial charge in [0.2, 0.25) is 0 Å². The predicted molar refractivity (Wildman–Crippen MR) is 74.9 cm³/mol. The van der Waals surface area contributed by atoms with Crippen molar-refractivity contribution in [2.75, 3.05) is 26.4 Å². The molecule has 0 aliphatic carbocycles. The van der Waals surface area contributed by atoms with Gasteiger partial charge in [0.15, 0.2) is 5.78 Å². The lowest BCUT2D eigenvalue weighted by atomic mass is 10.1. The fourth-order valence-corrected chi connectivity index (χ4v) is 1.87. The summed E-state index contributed by atoms with van der Waals surface area (Å²) in [7, 11) is 0. The highest BCUT2D eigenvalue weighted by Gasteiger charge is 2.08. The minimum atomic E-state index is -0.0219. The Morgan fingerprint density at radius 2 is 1.89 bits per heavy atom. The molecule has 0 N–H and O–H groups in total. The zero-order valence-electron chi connectivity index (χ0n) is 10.8. The maximum atomic E-state index is 11.8. The van der Waals surface area contributed by atoms with Crippen LogP contribution in [0.25, 0.3) is 0 Å². The van der Waals surface area contributed by atoms with Crippen LogP contribution in [0.1, 0.15) is 24.2 Å². The van der Waals surface area contributed by atoms with E-state index in [-0.39, 0.29) is 12.4 Å². The number of ketones is 1. The van der Waals surface area contributed by atoms with Crippen molar-refractivity contribution < 1.29 is 14.3 Å². The van der Waals surface area contributed by atoms with Gasteiger partial charge in [-0.25, -0.2) is 0 Å². The Morgan fingerprint density at radius 1 is 1.22 bits per heavy atom. The number of carbonyl (C=O) groups excluding carboxylic acids is 1. The SMILES string of the molecule is CC(C)COCCOCC(=O)c1ccccc1Br. The average Bonchev–Trinajstić information content (AvgIpc) is 2.33. The summed E-state index contributed by atoms with van der Waals surface area (Å²) in [5, 5.41) is 0. The highest BCUT2D eigenvalue weighted by molar-refractivity contribution is 9.10. The second kappa shape index (κ2) is 8.40. The molecule has 0 radical (unpaired) electrons. The van der Waals surface area contributed by atoms with Gasteiger partial charge in [0.1, 0.15) is 6.61 Å². The lowest BCUT2D eigenvalue weighted by Gasteiger charge is -2.07. The fraction of sp³-hybridized carbons (Fsp3) is 0.500. The summed E-state index contributed by atoms with van der Waals surface area (Å²) in [6.07, 6.45) is 0. The molecule has 3 nitrogen and oxygen atoms in total. The Labute approximate surface area is 117 Å². The van der Waals surface area contributed by atoms with E-state index in [2.05, 4.69) is 29.8 Å². The first kappa shape index (κ1) is 15.3. The molecule has 1 aromatic rings. The summed E-state index contributed by atoms with van der Waals surface area (Å²) in [4.78, 5) is 11.8. The largest absolute Gasteiger partial charge is 0.379 e. The van der Waals surface area contributed by atoms with Crippen LogP contribution in [-0.2, 0) is 9.47 Å². The second-order valence-corrected chi connectivity index (χ2v) is 5.28. The molecule has 100 valence electrons. The van der Waals surface area contributed by atoms with Gasteiger partial charge in [-0.2, -0.15) is 0 Å². The molecular weight excluding hydrogens is 296 g/mol. The monoisotopic (exact) mass is 314 g/mol. The zero-order valence-corrected chi connectivity index (χ0v) is 12.4. The van der Waals surface area contributed by atoms with Crippen LogP contribution in [0.4, 0.5) is 0 Å². The zero-order chi connectivity index (χ0) is 13.4. The molecule has 18 heavy (non-hydrogen) atoms. The summed E-state index contributed by atoms with van der Waals surface area (Å²) in [5.41, 5.74) is 0.653. The molecule has 4 heteroatoms. The summed E-state index contributed by atoms with van der Waals surface area (Å²) in [5.74, 6) is 0.498. The van der Waals surface area contributed by atoms with Crippen molar-refractivity contribution in [2.45, 2.75) is 13.8 Å². The molecule has 0 amide bonds. The van der Waals surface area contributed by atoms with Crippen molar-refractivity contribution in [3.8, 4) is 0 Å². The topological polar surface area (TPSA) is 35.5 Å². The minimum Gasteiger partial charge on any atom is -0.379 e. The highest BCUT2D eigenvalue weighted by Crippen LogP contribution is 2.16. The van der Waals surface area contributed by atoms with Gasteiger partial charge in [0.25, 0.3) is 0 Å². The van der Waals surface area contributed by atoms with Gasteiger partial charge in [-0.3, -0.25) is 4.79 Å². The van der Waals surface area contributed by atoms with Crippen LogP contribution in [0, 0.1) is 5.92 Å².